The molecule has 13 heavy (non-hydrogen) atoms. The maximum Gasteiger partial charge on any atom is -0.0206 e. The Morgan fingerprint density at radius 1 is 1.15 bits per heavy atom. The summed E-state index contributed by atoms with van der Waals surface area (Å²) in [4.78, 5) is 0. The molecule has 80 valence electrons. The molecule has 0 amide bonds. The Bertz CT molecular complexity index is 98.6. The standard InChI is InChI=1S/C8H14.C3H8.C2H6/c1-3-7(2)8-5-4-6-8;1-3-2;1-2/h8H,2-6H2,1H3;3H2,1-2H3;1-2H3. The smallest absolute Gasteiger partial charge is 0.0206 e. The largest absolute Gasteiger partial charge is 0.0996 e. The van der Waals surface area contributed by atoms with Gasteiger partial charge < -0.3 is 0 Å². The monoisotopic (exact) mass is 184 g/mol. The zero-order valence-electron chi connectivity index (χ0n) is 10.3. The van der Waals surface area contributed by atoms with E-state index in [-0.39, 0.29) is 0 Å². The Morgan fingerprint density at radius 3 is 1.62 bits per heavy atom. The van der Waals surface area contributed by atoms with Crippen molar-refractivity contribution in [2.24, 2.45) is 5.92 Å². The van der Waals surface area contributed by atoms with Crippen molar-refractivity contribution in [1.82, 2.24) is 0 Å². The number of hydrogen-bond acceptors (Lipinski definition) is 0. The first kappa shape index (κ1) is 15.2. The molecule has 0 bridgehead atoms. The van der Waals surface area contributed by atoms with Gasteiger partial charge >= 0.3 is 0 Å². The Kier molecular flexibility index (Phi) is 13.7. The molecule has 1 rings (SSSR count). The summed E-state index contributed by atoms with van der Waals surface area (Å²) in [6, 6.07) is 0. The lowest BCUT2D eigenvalue weighted by Gasteiger charge is -2.26. The van der Waals surface area contributed by atoms with Crippen molar-refractivity contribution in [3.05, 3.63) is 12.2 Å². The quantitative estimate of drug-likeness (QED) is 0.518. The summed E-state index contributed by atoms with van der Waals surface area (Å²) in [6.45, 7) is 14.4. The van der Waals surface area contributed by atoms with E-state index in [0.717, 1.165) is 5.92 Å². The van der Waals surface area contributed by atoms with Gasteiger partial charge in [0, 0.05) is 0 Å². The third-order valence-corrected chi connectivity index (χ3v) is 2.14. The highest BCUT2D eigenvalue weighted by Crippen LogP contribution is 2.33. The van der Waals surface area contributed by atoms with Crippen LogP contribution in [0.15, 0.2) is 12.2 Å². The van der Waals surface area contributed by atoms with Gasteiger partial charge in [0.05, 0.1) is 0 Å². The van der Waals surface area contributed by atoms with Gasteiger partial charge in [-0.1, -0.05) is 59.6 Å². The summed E-state index contributed by atoms with van der Waals surface area (Å²) < 4.78 is 0. The maximum atomic E-state index is 4.00. The van der Waals surface area contributed by atoms with Crippen LogP contribution in [0.3, 0.4) is 0 Å². The summed E-state index contributed by atoms with van der Waals surface area (Å²) in [5.41, 5.74) is 1.47. The van der Waals surface area contributed by atoms with Crippen LogP contribution in [-0.2, 0) is 0 Å². The third-order valence-electron chi connectivity index (χ3n) is 2.14. The lowest BCUT2D eigenvalue weighted by Crippen LogP contribution is -2.12. The fraction of sp³-hybridized carbons (Fsp3) is 0.846. The van der Waals surface area contributed by atoms with Gasteiger partial charge in [-0.05, 0) is 25.2 Å². The molecule has 0 spiro atoms. The second-order valence-corrected chi connectivity index (χ2v) is 3.35. The van der Waals surface area contributed by atoms with Crippen LogP contribution in [0.1, 0.15) is 66.7 Å². The highest BCUT2D eigenvalue weighted by atomic mass is 14.2. The van der Waals surface area contributed by atoms with E-state index in [1.807, 2.05) is 13.8 Å². The van der Waals surface area contributed by atoms with Gasteiger partial charge in [-0.3, -0.25) is 0 Å². The van der Waals surface area contributed by atoms with Crippen molar-refractivity contribution in [3.63, 3.8) is 0 Å². The number of rotatable bonds is 2. The zero-order valence-corrected chi connectivity index (χ0v) is 10.3. The normalized spacial score (nSPS) is 14.2. The minimum atomic E-state index is 0.903. The van der Waals surface area contributed by atoms with Gasteiger partial charge in [0.25, 0.3) is 0 Å². The van der Waals surface area contributed by atoms with E-state index in [4.69, 9.17) is 0 Å². The molecule has 0 aromatic carbocycles. The highest BCUT2D eigenvalue weighted by Gasteiger charge is 2.18. The first-order chi connectivity index (χ1) is 6.26. The number of hydrogen-bond donors (Lipinski definition) is 0. The molecule has 0 saturated heterocycles. The molecule has 1 aliphatic rings. The van der Waals surface area contributed by atoms with Crippen LogP contribution in [0.5, 0.6) is 0 Å². The van der Waals surface area contributed by atoms with Gasteiger partial charge in [0.2, 0.25) is 0 Å². The summed E-state index contributed by atoms with van der Waals surface area (Å²) in [5, 5.41) is 0. The molecule has 1 fully saturated rings. The van der Waals surface area contributed by atoms with Crippen LogP contribution in [0, 0.1) is 5.92 Å². The van der Waals surface area contributed by atoms with Crippen molar-refractivity contribution in [2.45, 2.75) is 66.7 Å². The zero-order chi connectivity index (χ0) is 10.7. The lowest BCUT2D eigenvalue weighted by molar-refractivity contribution is 0.362. The Morgan fingerprint density at radius 2 is 1.54 bits per heavy atom. The average molecular weight is 184 g/mol. The highest BCUT2D eigenvalue weighted by molar-refractivity contribution is 5.02. The van der Waals surface area contributed by atoms with E-state index < -0.39 is 0 Å². The first-order valence-electron chi connectivity index (χ1n) is 5.93. The molecule has 0 nitrogen and oxygen atoms in total. The van der Waals surface area contributed by atoms with Crippen LogP contribution < -0.4 is 0 Å². The van der Waals surface area contributed by atoms with Crippen LogP contribution in [0.4, 0.5) is 0 Å². The molecule has 0 unspecified atom stereocenters. The fourth-order valence-corrected chi connectivity index (χ4v) is 1.11. The van der Waals surface area contributed by atoms with E-state index in [1.54, 1.807) is 0 Å². The van der Waals surface area contributed by atoms with E-state index in [9.17, 15) is 0 Å². The first-order valence-corrected chi connectivity index (χ1v) is 5.93. The van der Waals surface area contributed by atoms with E-state index >= 15 is 0 Å². The minimum absolute atomic E-state index is 0.903. The molecule has 0 radical (unpaired) electrons. The molecule has 0 aromatic heterocycles. The maximum absolute atomic E-state index is 4.00. The number of allylic oxidation sites excluding steroid dienone is 1. The second kappa shape index (κ2) is 11.7. The molecule has 0 heteroatoms. The van der Waals surface area contributed by atoms with Crippen molar-refractivity contribution in [2.75, 3.05) is 0 Å². The summed E-state index contributed by atoms with van der Waals surface area (Å²) in [6.07, 6.45) is 6.69. The van der Waals surface area contributed by atoms with E-state index in [0.29, 0.717) is 0 Å². The molecule has 0 aromatic rings. The SMILES string of the molecule is C=C(CC)C1CCC1.CC.CCC. The fourth-order valence-electron chi connectivity index (χ4n) is 1.11. The molecule has 0 heterocycles. The molecular weight excluding hydrogens is 156 g/mol. The molecule has 1 aliphatic carbocycles. The van der Waals surface area contributed by atoms with Crippen LogP contribution in [0.2, 0.25) is 0 Å². The van der Waals surface area contributed by atoms with Crippen molar-refractivity contribution in [3.8, 4) is 0 Å². The van der Waals surface area contributed by atoms with Gasteiger partial charge in [-0.15, -0.1) is 0 Å². The Labute approximate surface area is 85.4 Å². The average Bonchev–Trinajstić information content (AvgIpc) is 2.06. The second-order valence-electron chi connectivity index (χ2n) is 3.35. The van der Waals surface area contributed by atoms with E-state index in [2.05, 4.69) is 27.4 Å². The predicted octanol–water partition coefficient (Wildman–Crippen LogP) is 5.20. The van der Waals surface area contributed by atoms with Gasteiger partial charge in [0.15, 0.2) is 0 Å². The predicted molar refractivity (Wildman–Crippen MR) is 64.1 cm³/mol. The van der Waals surface area contributed by atoms with Gasteiger partial charge in [-0.2, -0.15) is 0 Å². The van der Waals surface area contributed by atoms with Gasteiger partial charge in [-0.25, -0.2) is 0 Å². The molecule has 1 saturated carbocycles. The summed E-state index contributed by atoms with van der Waals surface area (Å²) in [7, 11) is 0. The molecular formula is C13H28. The van der Waals surface area contributed by atoms with Crippen molar-refractivity contribution in [1.29, 1.82) is 0 Å². The molecule has 0 N–H and O–H groups in total. The molecule has 0 atom stereocenters. The lowest BCUT2D eigenvalue weighted by atomic mass is 9.79. The Balaban J connectivity index is 0. The third kappa shape index (κ3) is 8.08. The van der Waals surface area contributed by atoms with E-state index in [1.165, 1.54) is 37.7 Å². The summed E-state index contributed by atoms with van der Waals surface area (Å²) >= 11 is 0. The van der Waals surface area contributed by atoms with Crippen LogP contribution in [0.25, 0.3) is 0 Å². The molecule has 0 aliphatic heterocycles. The Hall–Kier alpha value is -0.260. The minimum Gasteiger partial charge on any atom is -0.0996 e. The van der Waals surface area contributed by atoms with Crippen molar-refractivity contribution >= 4 is 0 Å². The van der Waals surface area contributed by atoms with Crippen LogP contribution >= 0.6 is 0 Å². The van der Waals surface area contributed by atoms with Gasteiger partial charge in [0.1, 0.15) is 0 Å². The van der Waals surface area contributed by atoms with Crippen LogP contribution in [-0.4, -0.2) is 0 Å². The summed E-state index contributed by atoms with van der Waals surface area (Å²) in [5.74, 6) is 0.903. The van der Waals surface area contributed by atoms with Crippen molar-refractivity contribution < 1.29 is 0 Å². The topological polar surface area (TPSA) is 0 Å².